The Bertz CT molecular complexity index is 444. The van der Waals surface area contributed by atoms with Gasteiger partial charge in [0.05, 0.1) is 0 Å². The van der Waals surface area contributed by atoms with Crippen LogP contribution >= 0.6 is 11.8 Å². The Morgan fingerprint density at radius 1 is 1.38 bits per heavy atom. The van der Waals surface area contributed by atoms with Gasteiger partial charge in [-0.25, -0.2) is 0 Å². The zero-order chi connectivity index (χ0) is 11.0. The van der Waals surface area contributed by atoms with Crippen molar-refractivity contribution in [2.45, 2.75) is 23.8 Å². The van der Waals surface area contributed by atoms with E-state index in [0.29, 0.717) is 11.9 Å². The number of β-lactam (4-membered cyclic amide) rings is 1. The minimum atomic E-state index is 0.308. The molecule has 0 N–H and O–H groups in total. The molecule has 2 aliphatic rings. The fraction of sp³-hybridized carbons (Fsp3) is 0.333. The summed E-state index contributed by atoms with van der Waals surface area (Å²) in [6, 6.07) is 4.49. The first kappa shape index (κ1) is 9.90. The molecule has 0 aromatic carbocycles. The fourth-order valence-electron chi connectivity index (χ4n) is 2.16. The first-order chi connectivity index (χ1) is 7.83. The van der Waals surface area contributed by atoms with Gasteiger partial charge in [-0.05, 0) is 29.5 Å². The van der Waals surface area contributed by atoms with Crippen LogP contribution in [-0.4, -0.2) is 28.4 Å². The van der Waals surface area contributed by atoms with Crippen LogP contribution in [0.4, 0.5) is 0 Å². The summed E-state index contributed by atoms with van der Waals surface area (Å²) >= 11 is 1.71. The maximum atomic E-state index is 11.2. The van der Waals surface area contributed by atoms with Crippen molar-refractivity contribution in [1.82, 2.24) is 9.88 Å². The molecular weight excluding hydrogens is 220 g/mol. The molecule has 0 aliphatic carbocycles. The Morgan fingerprint density at radius 3 is 2.88 bits per heavy atom. The molecule has 3 heterocycles. The Kier molecular flexibility index (Phi) is 2.44. The average molecular weight is 232 g/mol. The molecule has 2 fully saturated rings. The quantitative estimate of drug-likeness (QED) is 0.578. The number of carbonyl (C=O) groups excluding carboxylic acids is 1. The molecule has 0 bridgehead atoms. The number of nitrogens with zero attached hydrogens (tertiary/aromatic N) is 2. The summed E-state index contributed by atoms with van der Waals surface area (Å²) < 4.78 is 0. The SMILES string of the molecule is O=C1C[C@H]2C/C(=C/Sc3ccncc3)CN12. The van der Waals surface area contributed by atoms with E-state index < -0.39 is 0 Å². The first-order valence-corrected chi connectivity index (χ1v) is 6.25. The van der Waals surface area contributed by atoms with Crippen LogP contribution in [0.15, 0.2) is 40.4 Å². The molecule has 4 heteroatoms. The second kappa shape index (κ2) is 3.94. The van der Waals surface area contributed by atoms with E-state index in [1.165, 1.54) is 10.5 Å². The van der Waals surface area contributed by atoms with Crippen LogP contribution in [-0.2, 0) is 4.79 Å². The van der Waals surface area contributed by atoms with Crippen molar-refractivity contribution in [3.63, 3.8) is 0 Å². The monoisotopic (exact) mass is 232 g/mol. The van der Waals surface area contributed by atoms with Gasteiger partial charge in [-0.15, -0.1) is 0 Å². The summed E-state index contributed by atoms with van der Waals surface area (Å²) in [7, 11) is 0. The molecule has 0 spiro atoms. The van der Waals surface area contributed by atoms with Crippen molar-refractivity contribution in [2.24, 2.45) is 0 Å². The summed E-state index contributed by atoms with van der Waals surface area (Å²) in [5.74, 6) is 0.308. The van der Waals surface area contributed by atoms with Gasteiger partial charge in [0.15, 0.2) is 0 Å². The van der Waals surface area contributed by atoms with Gasteiger partial charge < -0.3 is 4.90 Å². The van der Waals surface area contributed by atoms with E-state index in [9.17, 15) is 4.79 Å². The number of aromatic nitrogens is 1. The summed E-state index contributed by atoms with van der Waals surface area (Å²) in [6.45, 7) is 0.835. The lowest BCUT2D eigenvalue weighted by Gasteiger charge is -2.33. The topological polar surface area (TPSA) is 33.2 Å². The summed E-state index contributed by atoms with van der Waals surface area (Å²) in [5.41, 5.74) is 1.37. The van der Waals surface area contributed by atoms with Crippen LogP contribution in [0.3, 0.4) is 0 Å². The maximum absolute atomic E-state index is 11.2. The first-order valence-electron chi connectivity index (χ1n) is 5.37. The van der Waals surface area contributed by atoms with Crippen molar-refractivity contribution in [2.75, 3.05) is 6.54 Å². The number of amides is 1. The van der Waals surface area contributed by atoms with Crippen LogP contribution in [0.2, 0.25) is 0 Å². The zero-order valence-corrected chi connectivity index (χ0v) is 9.61. The Hall–Kier alpha value is -1.29. The highest BCUT2D eigenvalue weighted by atomic mass is 32.2. The minimum Gasteiger partial charge on any atom is -0.335 e. The number of hydrogen-bond acceptors (Lipinski definition) is 3. The molecule has 0 saturated carbocycles. The largest absolute Gasteiger partial charge is 0.335 e. The highest BCUT2D eigenvalue weighted by Gasteiger charge is 2.41. The third-order valence-corrected chi connectivity index (χ3v) is 4.05. The molecule has 3 rings (SSSR count). The molecule has 1 amide bonds. The van der Waals surface area contributed by atoms with Gasteiger partial charge in [-0.2, -0.15) is 0 Å². The number of pyridine rings is 1. The zero-order valence-electron chi connectivity index (χ0n) is 8.80. The molecule has 1 aromatic heterocycles. The standard InChI is InChI=1S/C12H12N2OS/c15-12-6-10-5-9(7-14(10)12)8-16-11-1-3-13-4-2-11/h1-4,8,10H,5-7H2/b9-8-/t10-/m1/s1. The van der Waals surface area contributed by atoms with Gasteiger partial charge in [-0.1, -0.05) is 11.8 Å². The van der Waals surface area contributed by atoms with E-state index in [-0.39, 0.29) is 0 Å². The molecular formula is C12H12N2OS. The molecule has 2 saturated heterocycles. The number of rotatable bonds is 2. The normalized spacial score (nSPS) is 25.8. The van der Waals surface area contributed by atoms with Crippen molar-refractivity contribution in [3.8, 4) is 0 Å². The smallest absolute Gasteiger partial charge is 0.225 e. The third kappa shape index (κ3) is 1.73. The lowest BCUT2D eigenvalue weighted by molar-refractivity contribution is -0.142. The second-order valence-corrected chi connectivity index (χ2v) is 5.10. The van der Waals surface area contributed by atoms with E-state index in [2.05, 4.69) is 10.4 Å². The Balaban J connectivity index is 1.65. The summed E-state index contributed by atoms with van der Waals surface area (Å²) in [6.07, 6.45) is 5.40. The molecule has 1 atom stereocenters. The Labute approximate surface area is 98.5 Å². The van der Waals surface area contributed by atoms with Gasteiger partial charge in [-0.3, -0.25) is 9.78 Å². The van der Waals surface area contributed by atoms with Crippen LogP contribution in [0.25, 0.3) is 0 Å². The predicted molar refractivity (Wildman–Crippen MR) is 62.9 cm³/mol. The van der Waals surface area contributed by atoms with Crippen LogP contribution < -0.4 is 0 Å². The Morgan fingerprint density at radius 2 is 2.19 bits per heavy atom. The van der Waals surface area contributed by atoms with E-state index in [4.69, 9.17) is 0 Å². The van der Waals surface area contributed by atoms with E-state index in [1.807, 2.05) is 17.0 Å². The van der Waals surface area contributed by atoms with Crippen LogP contribution in [0.1, 0.15) is 12.8 Å². The maximum Gasteiger partial charge on any atom is 0.225 e. The number of carbonyl (C=O) groups is 1. The van der Waals surface area contributed by atoms with Crippen molar-refractivity contribution >= 4 is 17.7 Å². The van der Waals surface area contributed by atoms with Crippen molar-refractivity contribution in [3.05, 3.63) is 35.5 Å². The summed E-state index contributed by atoms with van der Waals surface area (Å²) in [5, 5.41) is 2.18. The van der Waals surface area contributed by atoms with Crippen LogP contribution in [0.5, 0.6) is 0 Å². The van der Waals surface area contributed by atoms with Crippen LogP contribution in [0, 0.1) is 0 Å². The van der Waals surface area contributed by atoms with E-state index in [0.717, 1.165) is 19.4 Å². The van der Waals surface area contributed by atoms with E-state index >= 15 is 0 Å². The van der Waals surface area contributed by atoms with Crippen molar-refractivity contribution < 1.29 is 4.79 Å². The lowest BCUT2D eigenvalue weighted by atomic mass is 10.0. The second-order valence-electron chi connectivity index (χ2n) is 4.16. The van der Waals surface area contributed by atoms with Gasteiger partial charge in [0.1, 0.15) is 0 Å². The lowest BCUT2D eigenvalue weighted by Crippen LogP contribution is -2.47. The third-order valence-electron chi connectivity index (χ3n) is 3.05. The molecule has 0 unspecified atom stereocenters. The predicted octanol–water partition coefficient (Wildman–Crippen LogP) is 2.06. The molecule has 2 aliphatic heterocycles. The van der Waals surface area contributed by atoms with Gasteiger partial charge in [0, 0.05) is 36.3 Å². The fourth-order valence-corrected chi connectivity index (χ4v) is 2.91. The van der Waals surface area contributed by atoms with Gasteiger partial charge in [0.25, 0.3) is 0 Å². The molecule has 1 aromatic rings. The number of hydrogen-bond donors (Lipinski definition) is 0. The van der Waals surface area contributed by atoms with Gasteiger partial charge in [0.2, 0.25) is 5.91 Å². The van der Waals surface area contributed by atoms with Gasteiger partial charge >= 0.3 is 0 Å². The average Bonchev–Trinajstić information content (AvgIpc) is 2.65. The summed E-state index contributed by atoms with van der Waals surface area (Å²) in [4.78, 5) is 18.4. The van der Waals surface area contributed by atoms with Crippen molar-refractivity contribution in [1.29, 1.82) is 0 Å². The molecule has 0 radical (unpaired) electrons. The molecule has 3 nitrogen and oxygen atoms in total. The molecule has 82 valence electrons. The minimum absolute atomic E-state index is 0.308. The number of thioether (sulfide) groups is 1. The highest BCUT2D eigenvalue weighted by Crippen LogP contribution is 2.35. The molecule has 16 heavy (non-hydrogen) atoms. The van der Waals surface area contributed by atoms with E-state index in [1.54, 1.807) is 24.2 Å². The number of fused-ring (bicyclic) bond motifs is 1. The highest BCUT2D eigenvalue weighted by molar-refractivity contribution is 8.02.